The normalized spacial score (nSPS) is 9.80. The van der Waals surface area contributed by atoms with E-state index in [-0.39, 0.29) is 12.4 Å². The van der Waals surface area contributed by atoms with Gasteiger partial charge in [0.25, 0.3) is 0 Å². The molecule has 0 atom stereocenters. The van der Waals surface area contributed by atoms with Crippen LogP contribution in [0, 0.1) is 9.85 Å². The lowest BCUT2D eigenvalue weighted by Crippen LogP contribution is -3.00. The Labute approximate surface area is 112 Å². The number of quaternary nitrogens is 1. The molecule has 3 heteroatoms. The quantitative estimate of drug-likeness (QED) is 0.403. The molecule has 0 saturated carbocycles. The van der Waals surface area contributed by atoms with Crippen molar-refractivity contribution in [1.82, 2.24) is 0 Å². The van der Waals surface area contributed by atoms with E-state index in [1.807, 2.05) is 6.07 Å². The molecule has 1 aromatic rings. The SMILES string of the molecule is C[N+](C)(CC#CI)Cc1ccccc1.[Cl-]. The van der Waals surface area contributed by atoms with Gasteiger partial charge in [0.2, 0.25) is 0 Å². The largest absolute Gasteiger partial charge is 1.00 e. The fourth-order valence-corrected chi connectivity index (χ4v) is 1.55. The molecule has 0 fully saturated rings. The average Bonchev–Trinajstić information content (AvgIpc) is 2.16. The van der Waals surface area contributed by atoms with E-state index in [0.29, 0.717) is 0 Å². The molecule has 1 aromatic carbocycles. The third-order valence-electron chi connectivity index (χ3n) is 2.03. The zero-order valence-corrected chi connectivity index (χ0v) is 11.9. The van der Waals surface area contributed by atoms with Crippen LogP contribution in [0.25, 0.3) is 0 Å². The highest BCUT2D eigenvalue weighted by Gasteiger charge is 2.13. The summed E-state index contributed by atoms with van der Waals surface area (Å²) in [7, 11) is 4.40. The van der Waals surface area contributed by atoms with Crippen LogP contribution >= 0.6 is 22.6 Å². The molecular formula is C12H15ClIN. The van der Waals surface area contributed by atoms with Crippen molar-refractivity contribution in [2.75, 3.05) is 20.6 Å². The van der Waals surface area contributed by atoms with Crippen molar-refractivity contribution >= 4 is 22.6 Å². The molecule has 0 aliphatic heterocycles. The first kappa shape index (κ1) is 14.8. The van der Waals surface area contributed by atoms with Gasteiger partial charge in [0.15, 0.2) is 0 Å². The van der Waals surface area contributed by atoms with Gasteiger partial charge in [-0.25, -0.2) is 0 Å². The van der Waals surface area contributed by atoms with Gasteiger partial charge in [0, 0.05) is 28.2 Å². The Hall–Kier alpha value is -0.240. The molecule has 1 rings (SSSR count). The zero-order chi connectivity index (χ0) is 10.4. The standard InChI is InChI=1S/C12H15IN.ClH/c1-14(2,10-6-9-13)11-12-7-4-3-5-8-12;/h3-5,7-8H,10-11H2,1-2H3;1H/q+1;/p-1. The maximum absolute atomic E-state index is 3.12. The van der Waals surface area contributed by atoms with E-state index in [1.54, 1.807) is 0 Å². The Morgan fingerprint density at radius 1 is 1.20 bits per heavy atom. The van der Waals surface area contributed by atoms with E-state index in [9.17, 15) is 0 Å². The Kier molecular flexibility index (Phi) is 6.99. The fourth-order valence-electron chi connectivity index (χ4n) is 1.38. The van der Waals surface area contributed by atoms with E-state index >= 15 is 0 Å². The number of nitrogens with zero attached hydrogens (tertiary/aromatic N) is 1. The summed E-state index contributed by atoms with van der Waals surface area (Å²) in [4.78, 5) is 0. The van der Waals surface area contributed by atoms with Crippen molar-refractivity contribution in [3.05, 3.63) is 35.9 Å². The molecule has 0 N–H and O–H groups in total. The van der Waals surface area contributed by atoms with Crippen LogP contribution in [0.4, 0.5) is 0 Å². The van der Waals surface area contributed by atoms with Crippen LogP contribution in [0.15, 0.2) is 30.3 Å². The summed E-state index contributed by atoms with van der Waals surface area (Å²) >= 11 is 2.09. The lowest BCUT2D eigenvalue weighted by molar-refractivity contribution is -0.896. The second-order valence-corrected chi connectivity index (χ2v) is 4.55. The Balaban J connectivity index is 0.00000196. The van der Waals surface area contributed by atoms with Crippen molar-refractivity contribution in [2.24, 2.45) is 0 Å². The first-order chi connectivity index (χ1) is 6.64. The van der Waals surface area contributed by atoms with Crippen LogP contribution in [0.5, 0.6) is 0 Å². The van der Waals surface area contributed by atoms with Gasteiger partial charge in [0.1, 0.15) is 13.1 Å². The van der Waals surface area contributed by atoms with Crippen LogP contribution in [0.3, 0.4) is 0 Å². The Morgan fingerprint density at radius 3 is 2.33 bits per heavy atom. The van der Waals surface area contributed by atoms with Crippen molar-refractivity contribution < 1.29 is 16.9 Å². The smallest absolute Gasteiger partial charge is 0.141 e. The highest BCUT2D eigenvalue weighted by Crippen LogP contribution is 2.07. The monoisotopic (exact) mass is 335 g/mol. The van der Waals surface area contributed by atoms with Crippen molar-refractivity contribution in [3.8, 4) is 9.85 Å². The highest BCUT2D eigenvalue weighted by atomic mass is 127. The average molecular weight is 336 g/mol. The number of rotatable bonds is 3. The topological polar surface area (TPSA) is 0 Å². The number of benzene rings is 1. The molecule has 0 unspecified atom stereocenters. The molecule has 0 radical (unpaired) electrons. The molecule has 0 saturated heterocycles. The first-order valence-corrected chi connectivity index (χ1v) is 5.66. The van der Waals surface area contributed by atoms with Crippen molar-refractivity contribution in [1.29, 1.82) is 0 Å². The number of hydrogen-bond donors (Lipinski definition) is 0. The van der Waals surface area contributed by atoms with Crippen LogP contribution in [0.1, 0.15) is 5.56 Å². The van der Waals surface area contributed by atoms with Crippen molar-refractivity contribution in [2.45, 2.75) is 6.54 Å². The predicted molar refractivity (Wildman–Crippen MR) is 68.9 cm³/mol. The Morgan fingerprint density at radius 2 is 1.80 bits per heavy atom. The fraction of sp³-hybridized carbons (Fsp3) is 0.333. The van der Waals surface area contributed by atoms with Gasteiger partial charge in [0.05, 0.1) is 14.1 Å². The summed E-state index contributed by atoms with van der Waals surface area (Å²) in [5.74, 6) is 3.12. The summed E-state index contributed by atoms with van der Waals surface area (Å²) < 4.78 is 3.83. The van der Waals surface area contributed by atoms with Gasteiger partial charge in [-0.3, -0.25) is 0 Å². The molecule has 15 heavy (non-hydrogen) atoms. The molecule has 0 spiro atoms. The highest BCUT2D eigenvalue weighted by molar-refractivity contribution is 14.1. The van der Waals surface area contributed by atoms with Crippen LogP contribution in [0.2, 0.25) is 0 Å². The lowest BCUT2D eigenvalue weighted by atomic mass is 10.2. The molecule has 0 heterocycles. The molecule has 0 aliphatic rings. The van der Waals surface area contributed by atoms with Crippen LogP contribution in [-0.4, -0.2) is 25.1 Å². The van der Waals surface area contributed by atoms with E-state index in [0.717, 1.165) is 17.6 Å². The number of hydrogen-bond acceptors (Lipinski definition) is 0. The summed E-state index contributed by atoms with van der Waals surface area (Å²) in [6, 6.07) is 10.5. The van der Waals surface area contributed by atoms with Gasteiger partial charge in [-0.15, -0.1) is 0 Å². The number of halogens is 2. The minimum absolute atomic E-state index is 0. The summed E-state index contributed by atoms with van der Waals surface area (Å²) in [6.45, 7) is 1.93. The second kappa shape index (κ2) is 7.10. The molecule has 0 aromatic heterocycles. The third-order valence-corrected chi connectivity index (χ3v) is 2.41. The summed E-state index contributed by atoms with van der Waals surface area (Å²) in [5.41, 5.74) is 1.37. The zero-order valence-electron chi connectivity index (χ0n) is 9.00. The summed E-state index contributed by atoms with van der Waals surface area (Å²) in [5, 5.41) is 0. The molecular weight excluding hydrogens is 320 g/mol. The van der Waals surface area contributed by atoms with Gasteiger partial charge in [-0.1, -0.05) is 30.3 Å². The van der Waals surface area contributed by atoms with E-state index in [1.165, 1.54) is 5.56 Å². The summed E-state index contributed by atoms with van der Waals surface area (Å²) in [6.07, 6.45) is 0. The lowest BCUT2D eigenvalue weighted by Gasteiger charge is -2.27. The van der Waals surface area contributed by atoms with Gasteiger partial charge in [-0.05, 0) is 9.85 Å². The van der Waals surface area contributed by atoms with Gasteiger partial charge >= 0.3 is 0 Å². The van der Waals surface area contributed by atoms with E-state index in [4.69, 9.17) is 0 Å². The Bertz CT molecular complexity index is 338. The molecule has 0 bridgehead atoms. The van der Waals surface area contributed by atoms with Gasteiger partial charge < -0.3 is 16.9 Å². The van der Waals surface area contributed by atoms with Crippen LogP contribution in [-0.2, 0) is 6.54 Å². The van der Waals surface area contributed by atoms with E-state index < -0.39 is 0 Å². The predicted octanol–water partition coefficient (Wildman–Crippen LogP) is -0.337. The van der Waals surface area contributed by atoms with Crippen LogP contribution < -0.4 is 12.4 Å². The third kappa shape index (κ3) is 6.03. The van der Waals surface area contributed by atoms with E-state index in [2.05, 4.69) is 70.8 Å². The molecule has 0 aliphatic carbocycles. The van der Waals surface area contributed by atoms with Crippen molar-refractivity contribution in [3.63, 3.8) is 0 Å². The second-order valence-electron chi connectivity index (χ2n) is 4.01. The molecule has 1 nitrogen and oxygen atoms in total. The first-order valence-electron chi connectivity index (χ1n) is 4.58. The maximum atomic E-state index is 3.12. The molecule has 82 valence electrons. The van der Waals surface area contributed by atoms with Gasteiger partial charge in [-0.2, -0.15) is 0 Å². The molecule has 0 amide bonds. The minimum Gasteiger partial charge on any atom is -1.00 e. The maximum Gasteiger partial charge on any atom is 0.141 e. The minimum atomic E-state index is 0.